The van der Waals surface area contributed by atoms with Crippen LogP contribution in [-0.2, 0) is 11.8 Å². The molecule has 2 aromatic heterocycles. The van der Waals surface area contributed by atoms with E-state index in [2.05, 4.69) is 21.8 Å². The normalized spacial score (nSPS) is 18.3. The second-order valence-corrected chi connectivity index (χ2v) is 7.03. The number of aryl methyl sites for hydroxylation is 2. The smallest absolute Gasteiger partial charge is 0.267 e. The standard InChI is InChI=1S/C15H15N5OS2/c1-4-7-20-13(21)12(9-11-6-5-8-19(11)3)23-15(20)16-14-18-17-10(2)22-14/h4-6,8-9H,1,7H2,2-3H3/b12-9+,16-15+. The number of aromatic nitrogens is 3. The van der Waals surface area contributed by atoms with Gasteiger partial charge in [-0.25, -0.2) is 0 Å². The van der Waals surface area contributed by atoms with Gasteiger partial charge >= 0.3 is 0 Å². The molecule has 1 aliphatic heterocycles. The third-order valence-corrected chi connectivity index (χ3v) is 4.91. The molecule has 1 saturated heterocycles. The summed E-state index contributed by atoms with van der Waals surface area (Å²) in [6.07, 6.45) is 5.50. The first kappa shape index (κ1) is 15.7. The van der Waals surface area contributed by atoms with Crippen molar-refractivity contribution >= 4 is 45.4 Å². The molecule has 6 nitrogen and oxygen atoms in total. The lowest BCUT2D eigenvalue weighted by Gasteiger charge is -2.11. The van der Waals surface area contributed by atoms with Crippen LogP contribution in [0, 0.1) is 6.92 Å². The Morgan fingerprint density at radius 2 is 2.26 bits per heavy atom. The SMILES string of the molecule is C=CCN1C(=O)/C(=C\c2cccn2C)S/C1=N/c1nnc(C)s1. The average molecular weight is 345 g/mol. The zero-order chi connectivity index (χ0) is 16.4. The highest BCUT2D eigenvalue weighted by atomic mass is 32.2. The number of carbonyl (C=O) groups is 1. The molecule has 3 rings (SSSR count). The number of amides is 1. The van der Waals surface area contributed by atoms with Crippen molar-refractivity contribution in [2.45, 2.75) is 6.92 Å². The molecule has 0 aromatic carbocycles. The molecular weight excluding hydrogens is 330 g/mol. The summed E-state index contributed by atoms with van der Waals surface area (Å²) >= 11 is 2.74. The van der Waals surface area contributed by atoms with Crippen molar-refractivity contribution < 1.29 is 4.79 Å². The molecule has 0 N–H and O–H groups in total. The summed E-state index contributed by atoms with van der Waals surface area (Å²) in [7, 11) is 1.94. The number of aliphatic imine (C=N–C) groups is 1. The van der Waals surface area contributed by atoms with Crippen LogP contribution >= 0.6 is 23.1 Å². The molecule has 0 unspecified atom stereocenters. The fourth-order valence-corrected chi connectivity index (χ4v) is 3.64. The van der Waals surface area contributed by atoms with Gasteiger partial charge in [-0.2, -0.15) is 4.99 Å². The predicted molar refractivity (Wildman–Crippen MR) is 94.6 cm³/mol. The number of thioether (sulfide) groups is 1. The van der Waals surface area contributed by atoms with E-state index in [1.165, 1.54) is 23.1 Å². The summed E-state index contributed by atoms with van der Waals surface area (Å²) in [4.78, 5) is 19.3. The number of rotatable bonds is 4. The highest BCUT2D eigenvalue weighted by Gasteiger charge is 2.33. The second-order valence-electron chi connectivity index (χ2n) is 4.86. The van der Waals surface area contributed by atoms with Crippen LogP contribution in [0.3, 0.4) is 0 Å². The Morgan fingerprint density at radius 3 is 2.87 bits per heavy atom. The van der Waals surface area contributed by atoms with Crippen LogP contribution in [0.5, 0.6) is 0 Å². The third kappa shape index (κ3) is 3.27. The minimum Gasteiger partial charge on any atom is -0.351 e. The van der Waals surface area contributed by atoms with Crippen molar-refractivity contribution in [3.63, 3.8) is 0 Å². The molecule has 118 valence electrons. The first-order valence-corrected chi connectivity index (χ1v) is 8.54. The molecule has 23 heavy (non-hydrogen) atoms. The maximum Gasteiger partial charge on any atom is 0.267 e. The summed E-state index contributed by atoms with van der Waals surface area (Å²) in [6, 6.07) is 3.90. The van der Waals surface area contributed by atoms with Crippen LogP contribution in [0.1, 0.15) is 10.7 Å². The number of amidine groups is 1. The van der Waals surface area contributed by atoms with E-state index in [1.807, 2.05) is 42.9 Å². The molecule has 0 radical (unpaired) electrons. The van der Waals surface area contributed by atoms with Crippen LogP contribution in [0.2, 0.25) is 0 Å². The van der Waals surface area contributed by atoms with Crippen molar-refractivity contribution in [3.05, 3.63) is 46.6 Å². The van der Waals surface area contributed by atoms with Gasteiger partial charge in [-0.15, -0.1) is 16.8 Å². The van der Waals surface area contributed by atoms with Crippen molar-refractivity contribution in [3.8, 4) is 0 Å². The van der Waals surface area contributed by atoms with Gasteiger partial charge < -0.3 is 4.57 Å². The van der Waals surface area contributed by atoms with Gasteiger partial charge in [0.2, 0.25) is 5.13 Å². The second kappa shape index (κ2) is 6.51. The Bertz CT molecular complexity index is 817. The third-order valence-electron chi connectivity index (χ3n) is 3.17. The highest BCUT2D eigenvalue weighted by Crippen LogP contribution is 2.34. The van der Waals surface area contributed by atoms with Crippen molar-refractivity contribution in [1.29, 1.82) is 0 Å². The molecule has 3 heterocycles. The van der Waals surface area contributed by atoms with Gasteiger partial charge in [-0.3, -0.25) is 9.69 Å². The Morgan fingerprint density at radius 1 is 1.43 bits per heavy atom. The number of hydrogen-bond acceptors (Lipinski definition) is 6. The summed E-state index contributed by atoms with van der Waals surface area (Å²) < 4.78 is 1.96. The van der Waals surface area contributed by atoms with E-state index in [0.29, 0.717) is 21.7 Å². The fourth-order valence-electron chi connectivity index (χ4n) is 2.05. The van der Waals surface area contributed by atoms with E-state index < -0.39 is 0 Å². The Labute approximate surface area is 142 Å². The van der Waals surface area contributed by atoms with Gasteiger partial charge in [-0.05, 0) is 36.9 Å². The van der Waals surface area contributed by atoms with Gasteiger partial charge in [0.15, 0.2) is 5.17 Å². The first-order chi connectivity index (χ1) is 11.1. The molecule has 8 heteroatoms. The molecule has 0 saturated carbocycles. The number of nitrogens with zero attached hydrogens (tertiary/aromatic N) is 5. The zero-order valence-electron chi connectivity index (χ0n) is 12.8. The Balaban J connectivity index is 1.95. The minimum absolute atomic E-state index is 0.0731. The van der Waals surface area contributed by atoms with Gasteiger partial charge in [0.05, 0.1) is 4.91 Å². The molecule has 0 bridgehead atoms. The van der Waals surface area contributed by atoms with Crippen molar-refractivity contribution in [1.82, 2.24) is 19.7 Å². The molecular formula is C15H15N5OS2. The van der Waals surface area contributed by atoms with Crippen LogP contribution < -0.4 is 0 Å². The van der Waals surface area contributed by atoms with E-state index in [0.717, 1.165) is 10.7 Å². The monoisotopic (exact) mass is 345 g/mol. The lowest BCUT2D eigenvalue weighted by molar-refractivity contribution is -0.121. The maximum atomic E-state index is 12.6. The summed E-state index contributed by atoms with van der Waals surface area (Å²) in [6.45, 7) is 5.99. The maximum absolute atomic E-state index is 12.6. The highest BCUT2D eigenvalue weighted by molar-refractivity contribution is 8.18. The van der Waals surface area contributed by atoms with E-state index in [1.54, 1.807) is 11.0 Å². The van der Waals surface area contributed by atoms with E-state index in [4.69, 9.17) is 0 Å². The Kier molecular flexibility index (Phi) is 4.44. The minimum atomic E-state index is -0.0731. The van der Waals surface area contributed by atoms with Crippen LogP contribution in [0.15, 0.2) is 40.9 Å². The van der Waals surface area contributed by atoms with Crippen molar-refractivity contribution in [2.75, 3.05) is 6.54 Å². The molecule has 1 fully saturated rings. The lowest BCUT2D eigenvalue weighted by atomic mass is 10.3. The van der Waals surface area contributed by atoms with Crippen molar-refractivity contribution in [2.24, 2.45) is 12.0 Å². The largest absolute Gasteiger partial charge is 0.351 e. The van der Waals surface area contributed by atoms with E-state index >= 15 is 0 Å². The van der Waals surface area contributed by atoms with Gasteiger partial charge in [0, 0.05) is 25.5 Å². The molecule has 0 spiro atoms. The Hall–Kier alpha value is -2.19. The quantitative estimate of drug-likeness (QED) is 0.631. The fraction of sp³-hybridized carbons (Fsp3) is 0.200. The first-order valence-electron chi connectivity index (χ1n) is 6.91. The molecule has 0 atom stereocenters. The van der Waals surface area contributed by atoms with Gasteiger partial charge in [0.25, 0.3) is 5.91 Å². The van der Waals surface area contributed by atoms with E-state index in [9.17, 15) is 4.79 Å². The molecule has 0 aliphatic carbocycles. The average Bonchev–Trinajstić information content (AvgIpc) is 3.18. The molecule has 1 aliphatic rings. The summed E-state index contributed by atoms with van der Waals surface area (Å²) in [5.41, 5.74) is 0.965. The zero-order valence-corrected chi connectivity index (χ0v) is 14.4. The number of carbonyl (C=O) groups excluding carboxylic acids is 1. The predicted octanol–water partition coefficient (Wildman–Crippen LogP) is 2.98. The topological polar surface area (TPSA) is 63.4 Å². The summed E-state index contributed by atoms with van der Waals surface area (Å²) in [5.74, 6) is -0.0731. The van der Waals surface area contributed by atoms with Crippen LogP contribution in [-0.4, -0.2) is 37.3 Å². The molecule has 1 amide bonds. The van der Waals surface area contributed by atoms with Crippen LogP contribution in [0.4, 0.5) is 5.13 Å². The van der Waals surface area contributed by atoms with E-state index in [-0.39, 0.29) is 5.91 Å². The van der Waals surface area contributed by atoms with Gasteiger partial charge in [-0.1, -0.05) is 17.4 Å². The number of hydrogen-bond donors (Lipinski definition) is 0. The lowest BCUT2D eigenvalue weighted by Crippen LogP contribution is -2.29. The molecule has 2 aromatic rings. The van der Waals surface area contributed by atoms with Gasteiger partial charge in [0.1, 0.15) is 5.01 Å². The summed E-state index contributed by atoms with van der Waals surface area (Å²) in [5, 5.41) is 9.94. The van der Waals surface area contributed by atoms with Crippen LogP contribution in [0.25, 0.3) is 6.08 Å².